The van der Waals surface area contributed by atoms with Gasteiger partial charge in [-0.05, 0) is 74.8 Å². The average Bonchev–Trinajstić information content (AvgIpc) is 3.45. The number of aromatic nitrogens is 4. The first-order valence-corrected chi connectivity index (χ1v) is 15.6. The molecule has 1 saturated carbocycles. The van der Waals surface area contributed by atoms with Gasteiger partial charge in [-0.1, -0.05) is 0 Å². The summed E-state index contributed by atoms with van der Waals surface area (Å²) in [6, 6.07) is 6.57. The van der Waals surface area contributed by atoms with E-state index in [1.807, 2.05) is 6.07 Å². The molecule has 1 saturated heterocycles. The Morgan fingerprint density at radius 2 is 1.76 bits per heavy atom. The number of nitrogens with zero attached hydrogens (tertiary/aromatic N) is 4. The van der Waals surface area contributed by atoms with Crippen LogP contribution in [0, 0.1) is 11.8 Å². The number of nitrogens with one attached hydrogen (secondary N) is 1. The number of H-pyrrole nitrogens is 1. The standard InChI is InChI=1S/C29H32F3N5O3S/c30-29(31,32)23-7-9-24(10-8-23)40-17-20-2-1-13-37(16-20)41(38,39)18-19-3-5-21(6-4-19)27-26-22(15-35-36-27)14-34-28-25(26)11-12-33-28/h7-12,14-15,19-21,36H,1-6,13,16-18H2. The van der Waals surface area contributed by atoms with Crippen LogP contribution < -0.4 is 4.74 Å². The maximum absolute atomic E-state index is 13.4. The minimum atomic E-state index is -4.40. The van der Waals surface area contributed by atoms with E-state index < -0.39 is 21.8 Å². The zero-order valence-electron chi connectivity index (χ0n) is 22.5. The van der Waals surface area contributed by atoms with Gasteiger partial charge in [0, 0.05) is 59.2 Å². The summed E-state index contributed by atoms with van der Waals surface area (Å²) in [4.78, 5) is 8.75. The summed E-state index contributed by atoms with van der Waals surface area (Å²) >= 11 is 0. The highest BCUT2D eigenvalue weighted by Crippen LogP contribution is 2.40. The molecule has 2 fully saturated rings. The lowest BCUT2D eigenvalue weighted by Gasteiger charge is -2.34. The summed E-state index contributed by atoms with van der Waals surface area (Å²) in [5.74, 6) is 0.811. The number of aromatic amines is 1. The molecular weight excluding hydrogens is 555 g/mol. The average molecular weight is 588 g/mol. The van der Waals surface area contributed by atoms with Gasteiger partial charge in [0.25, 0.3) is 0 Å². The maximum atomic E-state index is 13.4. The summed E-state index contributed by atoms with van der Waals surface area (Å²) in [6.45, 7) is 1.12. The molecule has 8 nitrogen and oxygen atoms in total. The lowest BCUT2D eigenvalue weighted by molar-refractivity contribution is -0.137. The minimum Gasteiger partial charge on any atom is -0.493 e. The van der Waals surface area contributed by atoms with Crippen molar-refractivity contribution in [2.75, 3.05) is 25.4 Å². The van der Waals surface area contributed by atoms with Gasteiger partial charge in [-0.2, -0.15) is 18.3 Å². The van der Waals surface area contributed by atoms with Crippen LogP contribution in [0.2, 0.25) is 0 Å². The lowest BCUT2D eigenvalue weighted by Crippen LogP contribution is -2.43. The van der Waals surface area contributed by atoms with Crippen LogP contribution in [0.3, 0.4) is 0 Å². The molecule has 1 N–H and O–H groups in total. The fourth-order valence-corrected chi connectivity index (χ4v) is 8.27. The second kappa shape index (κ2) is 11.2. The van der Waals surface area contributed by atoms with Crippen molar-refractivity contribution in [3.8, 4) is 5.75 Å². The molecule has 0 radical (unpaired) electrons. The summed E-state index contributed by atoms with van der Waals surface area (Å²) in [5, 5.41) is 10.6. The molecule has 1 atom stereocenters. The van der Waals surface area contributed by atoms with Gasteiger partial charge in [-0.25, -0.2) is 22.7 Å². The fourth-order valence-electron chi connectivity index (χ4n) is 6.29. The molecule has 41 heavy (non-hydrogen) atoms. The third-order valence-corrected chi connectivity index (χ3v) is 10.5. The first-order valence-electron chi connectivity index (χ1n) is 14.0. The van der Waals surface area contributed by atoms with Gasteiger partial charge in [0.2, 0.25) is 10.0 Å². The summed E-state index contributed by atoms with van der Waals surface area (Å²) in [5.41, 5.74) is 1.05. The van der Waals surface area contributed by atoms with Crippen LogP contribution in [0.1, 0.15) is 55.7 Å². The van der Waals surface area contributed by atoms with Gasteiger partial charge in [0.1, 0.15) is 5.75 Å². The van der Waals surface area contributed by atoms with Gasteiger partial charge in [-0.3, -0.25) is 5.10 Å². The highest BCUT2D eigenvalue weighted by molar-refractivity contribution is 7.89. The van der Waals surface area contributed by atoms with E-state index in [-0.39, 0.29) is 30.1 Å². The first-order chi connectivity index (χ1) is 19.7. The third-order valence-electron chi connectivity index (χ3n) is 8.46. The Morgan fingerprint density at radius 3 is 2.51 bits per heavy atom. The molecule has 1 aromatic carbocycles. The topological polar surface area (TPSA) is 101 Å². The highest BCUT2D eigenvalue weighted by atomic mass is 32.2. The van der Waals surface area contributed by atoms with Gasteiger partial charge in [0.15, 0.2) is 5.65 Å². The Kier molecular flexibility index (Phi) is 7.62. The second-order valence-electron chi connectivity index (χ2n) is 11.2. The second-order valence-corrected chi connectivity index (χ2v) is 13.3. The molecule has 218 valence electrons. The number of rotatable bonds is 7. The van der Waals surface area contributed by atoms with Crippen LogP contribution in [0.15, 0.2) is 48.9 Å². The third kappa shape index (κ3) is 6.04. The summed E-state index contributed by atoms with van der Waals surface area (Å²) < 4.78 is 72.5. The van der Waals surface area contributed by atoms with E-state index in [1.165, 1.54) is 12.1 Å². The minimum absolute atomic E-state index is 0.0112. The van der Waals surface area contributed by atoms with Crippen LogP contribution in [-0.2, 0) is 16.2 Å². The number of benzene rings is 1. The molecule has 3 aromatic heterocycles. The molecule has 1 aliphatic carbocycles. The Hall–Kier alpha value is -3.25. The molecule has 1 aliphatic heterocycles. The molecule has 0 bridgehead atoms. The number of alkyl halides is 3. The molecular formula is C29H32F3N5O3S. The SMILES string of the molecule is O=S(=O)(CC1CCC(c2[nH]ncc3cnc4nccc4c23)CC1)N1CCCC(COc2ccc(C(F)(F)F)cc2)C1. The van der Waals surface area contributed by atoms with Crippen LogP contribution in [0.25, 0.3) is 21.8 Å². The molecule has 12 heteroatoms. The number of sulfonamides is 1. The van der Waals surface area contributed by atoms with E-state index >= 15 is 0 Å². The van der Waals surface area contributed by atoms with Crippen molar-refractivity contribution in [2.24, 2.45) is 11.8 Å². The van der Waals surface area contributed by atoms with Crippen LogP contribution in [-0.4, -0.2) is 58.3 Å². The monoisotopic (exact) mass is 587 g/mol. The van der Waals surface area contributed by atoms with Crippen molar-refractivity contribution in [1.29, 1.82) is 0 Å². The largest absolute Gasteiger partial charge is 0.493 e. The molecule has 4 aromatic rings. The predicted molar refractivity (Wildman–Crippen MR) is 149 cm³/mol. The Balaban J connectivity index is 1.04. The Labute approximate surface area is 236 Å². The molecule has 4 heterocycles. The molecule has 6 rings (SSSR count). The van der Waals surface area contributed by atoms with Gasteiger partial charge < -0.3 is 4.74 Å². The van der Waals surface area contributed by atoms with Crippen molar-refractivity contribution >= 4 is 31.8 Å². The molecule has 0 amide bonds. The number of hydrogen-bond donors (Lipinski definition) is 1. The van der Waals surface area contributed by atoms with Crippen molar-refractivity contribution in [2.45, 2.75) is 50.6 Å². The normalized spacial score (nSPS) is 22.8. The molecule has 1 unspecified atom stereocenters. The molecule has 2 aliphatic rings. The number of ether oxygens (including phenoxy) is 1. The van der Waals surface area contributed by atoms with Gasteiger partial charge >= 0.3 is 6.18 Å². The highest BCUT2D eigenvalue weighted by Gasteiger charge is 2.34. The van der Waals surface area contributed by atoms with E-state index in [2.05, 4.69) is 20.2 Å². The smallest absolute Gasteiger partial charge is 0.416 e. The van der Waals surface area contributed by atoms with Crippen molar-refractivity contribution in [1.82, 2.24) is 24.5 Å². The maximum Gasteiger partial charge on any atom is 0.416 e. The van der Waals surface area contributed by atoms with Gasteiger partial charge in [0.05, 0.1) is 24.1 Å². The number of piperidine rings is 1. The number of pyridine rings is 1. The number of halogens is 3. The van der Waals surface area contributed by atoms with Crippen molar-refractivity contribution in [3.05, 3.63) is 60.2 Å². The Bertz CT molecular complexity index is 1620. The van der Waals surface area contributed by atoms with E-state index in [0.717, 1.165) is 72.5 Å². The van der Waals surface area contributed by atoms with E-state index in [0.29, 0.717) is 24.5 Å². The molecule has 0 spiro atoms. The first kappa shape index (κ1) is 27.9. The zero-order valence-corrected chi connectivity index (χ0v) is 23.3. The Morgan fingerprint density at radius 1 is 0.976 bits per heavy atom. The van der Waals surface area contributed by atoms with Crippen LogP contribution in [0.5, 0.6) is 5.75 Å². The predicted octanol–water partition coefficient (Wildman–Crippen LogP) is 5.92. The van der Waals surface area contributed by atoms with Crippen molar-refractivity contribution in [3.63, 3.8) is 0 Å². The summed E-state index contributed by atoms with van der Waals surface area (Å²) in [6.07, 6.45) is 5.86. The zero-order chi connectivity index (χ0) is 28.6. The van der Waals surface area contributed by atoms with E-state index in [9.17, 15) is 21.6 Å². The number of fused-ring (bicyclic) bond motifs is 3. The van der Waals surface area contributed by atoms with Crippen molar-refractivity contribution < 1.29 is 26.3 Å². The number of hydrogen-bond acceptors (Lipinski definition) is 6. The lowest BCUT2D eigenvalue weighted by atomic mass is 9.80. The quantitative estimate of drug-likeness (QED) is 0.288. The van der Waals surface area contributed by atoms with E-state index in [1.54, 1.807) is 22.9 Å². The van der Waals surface area contributed by atoms with E-state index in [4.69, 9.17) is 4.74 Å². The van der Waals surface area contributed by atoms with Crippen LogP contribution >= 0.6 is 0 Å². The van der Waals surface area contributed by atoms with Gasteiger partial charge in [-0.15, -0.1) is 0 Å². The van der Waals surface area contributed by atoms with Crippen LogP contribution in [0.4, 0.5) is 13.2 Å². The summed E-state index contributed by atoms with van der Waals surface area (Å²) in [7, 11) is -3.44. The fraction of sp³-hybridized carbons (Fsp3) is 0.483.